The summed E-state index contributed by atoms with van der Waals surface area (Å²) < 4.78 is 11.5. The van der Waals surface area contributed by atoms with Gasteiger partial charge in [-0.1, -0.05) is 33.6 Å². The molecule has 21 heavy (non-hydrogen) atoms. The molecule has 0 radical (unpaired) electrons. The van der Waals surface area contributed by atoms with Gasteiger partial charge in [-0.2, -0.15) is 0 Å². The van der Waals surface area contributed by atoms with Crippen molar-refractivity contribution in [2.24, 2.45) is 0 Å². The highest BCUT2D eigenvalue weighted by Gasteiger charge is 2.19. The van der Waals surface area contributed by atoms with E-state index in [0.717, 1.165) is 21.2 Å². The lowest BCUT2D eigenvalue weighted by Gasteiger charge is -2.17. The van der Waals surface area contributed by atoms with Gasteiger partial charge in [0.1, 0.15) is 0 Å². The van der Waals surface area contributed by atoms with Crippen molar-refractivity contribution in [1.29, 1.82) is 0 Å². The summed E-state index contributed by atoms with van der Waals surface area (Å²) in [5.41, 5.74) is 2.89. The highest BCUT2D eigenvalue weighted by atomic mass is 79.9. The molecule has 112 valence electrons. The van der Waals surface area contributed by atoms with Crippen LogP contribution in [0.3, 0.4) is 0 Å². The molecule has 5 heteroatoms. The zero-order valence-electron chi connectivity index (χ0n) is 11.9. The van der Waals surface area contributed by atoms with E-state index in [4.69, 9.17) is 32.7 Å². The zero-order chi connectivity index (χ0) is 15.6. The predicted molar refractivity (Wildman–Crippen MR) is 91.1 cm³/mol. The molecule has 0 bridgehead atoms. The Morgan fingerprint density at radius 3 is 2.24 bits per heavy atom. The number of benzene rings is 2. The maximum absolute atomic E-state index is 6.64. The van der Waals surface area contributed by atoms with E-state index in [-0.39, 0.29) is 5.38 Å². The van der Waals surface area contributed by atoms with Gasteiger partial charge in [-0.15, -0.1) is 11.6 Å². The summed E-state index contributed by atoms with van der Waals surface area (Å²) in [5.74, 6) is 1.19. The molecule has 0 aliphatic heterocycles. The molecule has 0 N–H and O–H groups in total. The van der Waals surface area contributed by atoms with Crippen LogP contribution >= 0.6 is 39.1 Å². The molecule has 0 spiro atoms. The summed E-state index contributed by atoms with van der Waals surface area (Å²) in [5, 5.41) is 0.182. The number of rotatable bonds is 4. The van der Waals surface area contributed by atoms with E-state index in [9.17, 15) is 0 Å². The van der Waals surface area contributed by atoms with E-state index in [1.807, 2.05) is 31.2 Å². The number of hydrogen-bond acceptors (Lipinski definition) is 2. The van der Waals surface area contributed by atoms with Gasteiger partial charge in [0.05, 0.1) is 19.6 Å². The molecule has 0 saturated heterocycles. The second-order valence-corrected chi connectivity index (χ2v) is 6.35. The Morgan fingerprint density at radius 1 is 1.00 bits per heavy atom. The van der Waals surface area contributed by atoms with Crippen LogP contribution in [0.1, 0.15) is 22.1 Å². The Labute approximate surface area is 143 Å². The van der Waals surface area contributed by atoms with Gasteiger partial charge in [-0.3, -0.25) is 0 Å². The van der Waals surface area contributed by atoms with Gasteiger partial charge in [-0.25, -0.2) is 0 Å². The van der Waals surface area contributed by atoms with Gasteiger partial charge in [-0.05, 0) is 41.8 Å². The average molecular weight is 390 g/mol. The molecule has 2 nitrogen and oxygen atoms in total. The van der Waals surface area contributed by atoms with Crippen LogP contribution in [0.25, 0.3) is 0 Å². The lowest BCUT2D eigenvalue weighted by atomic mass is 9.99. The molecule has 0 aromatic heterocycles. The minimum absolute atomic E-state index is 0.366. The smallest absolute Gasteiger partial charge is 0.162 e. The fraction of sp³-hybridized carbons (Fsp3) is 0.250. The zero-order valence-corrected chi connectivity index (χ0v) is 15.0. The Hall–Kier alpha value is -0.900. The summed E-state index contributed by atoms with van der Waals surface area (Å²) in [6, 6.07) is 9.54. The third kappa shape index (κ3) is 3.47. The van der Waals surface area contributed by atoms with Crippen LogP contribution in [0.2, 0.25) is 5.02 Å². The average Bonchev–Trinajstić information content (AvgIpc) is 2.48. The number of aryl methyl sites for hydroxylation is 1. The van der Waals surface area contributed by atoms with Crippen molar-refractivity contribution < 1.29 is 9.47 Å². The van der Waals surface area contributed by atoms with Crippen LogP contribution in [0, 0.1) is 6.92 Å². The van der Waals surface area contributed by atoms with E-state index < -0.39 is 0 Å². The monoisotopic (exact) mass is 388 g/mol. The van der Waals surface area contributed by atoms with E-state index in [0.29, 0.717) is 16.5 Å². The first-order valence-corrected chi connectivity index (χ1v) is 7.90. The van der Waals surface area contributed by atoms with Crippen LogP contribution < -0.4 is 9.47 Å². The molecular formula is C16H15BrCl2O2. The van der Waals surface area contributed by atoms with Crippen molar-refractivity contribution in [2.45, 2.75) is 12.3 Å². The van der Waals surface area contributed by atoms with Crippen LogP contribution in [-0.2, 0) is 0 Å². The van der Waals surface area contributed by atoms with Crippen LogP contribution in [0.4, 0.5) is 0 Å². The number of halogens is 3. The molecule has 0 aliphatic rings. The maximum Gasteiger partial charge on any atom is 0.162 e. The molecule has 0 amide bonds. The van der Waals surface area contributed by atoms with Crippen molar-refractivity contribution in [3.63, 3.8) is 0 Å². The number of hydrogen-bond donors (Lipinski definition) is 0. The molecule has 1 unspecified atom stereocenters. The first-order chi connectivity index (χ1) is 9.97. The quantitative estimate of drug-likeness (QED) is 0.619. The highest BCUT2D eigenvalue weighted by Crippen LogP contribution is 2.41. The molecule has 2 rings (SSSR count). The third-order valence-corrected chi connectivity index (χ3v) is 4.58. The molecular weight excluding hydrogens is 375 g/mol. The summed E-state index contributed by atoms with van der Waals surface area (Å²) in [6.07, 6.45) is 0. The van der Waals surface area contributed by atoms with Crippen LogP contribution in [-0.4, -0.2) is 14.2 Å². The van der Waals surface area contributed by atoms with E-state index >= 15 is 0 Å². The second-order valence-electron chi connectivity index (χ2n) is 4.59. The van der Waals surface area contributed by atoms with E-state index in [2.05, 4.69) is 15.9 Å². The van der Waals surface area contributed by atoms with Gasteiger partial charge in [0.15, 0.2) is 11.5 Å². The number of methoxy groups -OCH3 is 2. The summed E-state index contributed by atoms with van der Waals surface area (Å²) in [7, 11) is 3.16. The first-order valence-electron chi connectivity index (χ1n) is 6.29. The molecule has 2 aromatic carbocycles. The largest absolute Gasteiger partial charge is 0.493 e. The number of alkyl halides is 1. The van der Waals surface area contributed by atoms with Gasteiger partial charge in [0.2, 0.25) is 0 Å². The minimum Gasteiger partial charge on any atom is -0.493 e. The second kappa shape index (κ2) is 6.91. The van der Waals surface area contributed by atoms with E-state index in [1.54, 1.807) is 20.3 Å². The fourth-order valence-corrected chi connectivity index (χ4v) is 3.23. The van der Waals surface area contributed by atoms with Gasteiger partial charge < -0.3 is 9.47 Å². The summed E-state index contributed by atoms with van der Waals surface area (Å²) in [4.78, 5) is 0. The van der Waals surface area contributed by atoms with Crippen molar-refractivity contribution in [3.05, 3.63) is 56.5 Å². The standard InChI is InChI=1S/C16H15BrCl2O2/c1-9-4-5-10(17)6-11(9)16(19)12-7-14(20-2)15(21-3)8-13(12)18/h4-8,16H,1-3H3. The van der Waals surface area contributed by atoms with Gasteiger partial charge in [0, 0.05) is 15.6 Å². The molecule has 0 fully saturated rings. The van der Waals surface area contributed by atoms with E-state index in [1.165, 1.54) is 0 Å². The minimum atomic E-state index is -0.366. The Balaban J connectivity index is 2.52. The van der Waals surface area contributed by atoms with Gasteiger partial charge in [0.25, 0.3) is 0 Å². The lowest BCUT2D eigenvalue weighted by Crippen LogP contribution is -2.00. The molecule has 2 aromatic rings. The van der Waals surface area contributed by atoms with Crippen molar-refractivity contribution in [3.8, 4) is 11.5 Å². The van der Waals surface area contributed by atoms with Crippen molar-refractivity contribution >= 4 is 39.1 Å². The van der Waals surface area contributed by atoms with Gasteiger partial charge >= 0.3 is 0 Å². The Bertz CT molecular complexity index is 659. The van der Waals surface area contributed by atoms with Crippen molar-refractivity contribution in [2.75, 3.05) is 14.2 Å². The fourth-order valence-electron chi connectivity index (χ4n) is 2.12. The Morgan fingerprint density at radius 2 is 1.62 bits per heavy atom. The molecule has 0 saturated carbocycles. The molecule has 0 aliphatic carbocycles. The normalized spacial score (nSPS) is 12.1. The topological polar surface area (TPSA) is 18.5 Å². The molecule has 0 heterocycles. The van der Waals surface area contributed by atoms with Crippen LogP contribution in [0.5, 0.6) is 11.5 Å². The number of ether oxygens (including phenoxy) is 2. The van der Waals surface area contributed by atoms with Crippen LogP contribution in [0.15, 0.2) is 34.8 Å². The summed E-state index contributed by atoms with van der Waals surface area (Å²) in [6.45, 7) is 2.02. The SMILES string of the molecule is COc1cc(Cl)c(C(Cl)c2cc(Br)ccc2C)cc1OC. The Kier molecular flexibility index (Phi) is 5.42. The predicted octanol–water partition coefficient (Wildman–Crippen LogP) is 5.76. The lowest BCUT2D eigenvalue weighted by molar-refractivity contribution is 0.354. The van der Waals surface area contributed by atoms with Crippen molar-refractivity contribution in [1.82, 2.24) is 0 Å². The first kappa shape index (κ1) is 16.5. The highest BCUT2D eigenvalue weighted by molar-refractivity contribution is 9.10. The third-order valence-electron chi connectivity index (χ3n) is 3.29. The molecule has 1 atom stereocenters. The summed E-state index contributed by atoms with van der Waals surface area (Å²) >= 11 is 16.4. The maximum atomic E-state index is 6.64.